The smallest absolute Gasteiger partial charge is 0.253 e. The van der Waals surface area contributed by atoms with Crippen molar-refractivity contribution in [3.63, 3.8) is 0 Å². The molecule has 5 rings (SSSR count). The lowest BCUT2D eigenvalue weighted by Crippen LogP contribution is -2.23. The first-order valence-electron chi connectivity index (χ1n) is 11.3. The Hall–Kier alpha value is -4.49. The summed E-state index contributed by atoms with van der Waals surface area (Å²) in [5.74, 6) is 1.50. The molecule has 0 saturated carbocycles. The molecule has 36 heavy (non-hydrogen) atoms. The van der Waals surface area contributed by atoms with Crippen molar-refractivity contribution in [2.75, 3.05) is 12.4 Å². The lowest BCUT2D eigenvalue weighted by atomic mass is 10.1. The topological polar surface area (TPSA) is 89.0 Å². The molecule has 0 fully saturated rings. The molecule has 0 spiro atoms. The van der Waals surface area contributed by atoms with Crippen LogP contribution in [-0.4, -0.2) is 28.0 Å². The van der Waals surface area contributed by atoms with Crippen LogP contribution in [0.3, 0.4) is 0 Å². The third-order valence-corrected chi connectivity index (χ3v) is 6.01. The van der Waals surface area contributed by atoms with Gasteiger partial charge in [-0.2, -0.15) is 0 Å². The summed E-state index contributed by atoms with van der Waals surface area (Å²) in [4.78, 5) is 26.8. The number of aromatic nitrogens is 3. The number of benzene rings is 3. The van der Waals surface area contributed by atoms with E-state index in [1.165, 1.54) is 0 Å². The fourth-order valence-corrected chi connectivity index (χ4v) is 3.99. The van der Waals surface area contributed by atoms with Crippen LogP contribution in [-0.2, 0) is 6.54 Å². The van der Waals surface area contributed by atoms with Gasteiger partial charge in [-0.15, -0.1) is 0 Å². The van der Waals surface area contributed by atoms with E-state index in [2.05, 4.69) is 15.6 Å². The first-order valence-corrected chi connectivity index (χ1v) is 11.6. The molecule has 0 aliphatic rings. The highest BCUT2D eigenvalue weighted by Crippen LogP contribution is 2.31. The number of fused-ring (bicyclic) bond motifs is 1. The highest BCUT2D eigenvalue weighted by molar-refractivity contribution is 6.31. The molecule has 0 aliphatic carbocycles. The van der Waals surface area contributed by atoms with E-state index in [9.17, 15) is 4.79 Å². The van der Waals surface area contributed by atoms with E-state index in [0.29, 0.717) is 40.2 Å². The molecular formula is C28H22ClN5O2. The lowest BCUT2D eigenvalue weighted by molar-refractivity contribution is 0.0952. The van der Waals surface area contributed by atoms with E-state index >= 15 is 0 Å². The van der Waals surface area contributed by atoms with Crippen LogP contribution in [0.4, 0.5) is 11.5 Å². The monoisotopic (exact) mass is 495 g/mol. The Morgan fingerprint density at radius 3 is 2.61 bits per heavy atom. The van der Waals surface area contributed by atoms with E-state index in [4.69, 9.17) is 26.3 Å². The average Bonchev–Trinajstić information content (AvgIpc) is 2.93. The summed E-state index contributed by atoms with van der Waals surface area (Å²) in [6.07, 6.45) is 3.41. The number of halogens is 1. The second kappa shape index (κ2) is 10.4. The predicted molar refractivity (Wildman–Crippen MR) is 142 cm³/mol. The largest absolute Gasteiger partial charge is 0.497 e. The average molecular weight is 496 g/mol. The fraction of sp³-hybridized carbons (Fsp3) is 0.0714. The SMILES string of the molecule is COc1ccc2nc(-c3cccnc3)nc(Nc3ccccc3C(=O)NCc3ccccc3Cl)c2c1. The number of hydrogen-bond acceptors (Lipinski definition) is 6. The molecule has 7 nitrogen and oxygen atoms in total. The number of anilines is 2. The third kappa shape index (κ3) is 4.96. The minimum absolute atomic E-state index is 0.235. The Bertz CT molecular complexity index is 1540. The minimum Gasteiger partial charge on any atom is -0.497 e. The van der Waals surface area contributed by atoms with Crippen molar-refractivity contribution in [3.8, 4) is 17.1 Å². The number of ether oxygens (including phenoxy) is 1. The van der Waals surface area contributed by atoms with Crippen molar-refractivity contribution >= 4 is 39.9 Å². The summed E-state index contributed by atoms with van der Waals surface area (Å²) in [6.45, 7) is 0.311. The van der Waals surface area contributed by atoms with Crippen LogP contribution < -0.4 is 15.4 Å². The van der Waals surface area contributed by atoms with E-state index in [0.717, 1.165) is 22.0 Å². The van der Waals surface area contributed by atoms with E-state index in [1.54, 1.807) is 31.6 Å². The number of nitrogens with one attached hydrogen (secondary N) is 2. The van der Waals surface area contributed by atoms with Crippen molar-refractivity contribution in [2.45, 2.75) is 6.54 Å². The molecule has 178 valence electrons. The first-order chi connectivity index (χ1) is 17.6. The van der Waals surface area contributed by atoms with Crippen molar-refractivity contribution in [1.82, 2.24) is 20.3 Å². The van der Waals surface area contributed by atoms with Crippen LogP contribution in [0.1, 0.15) is 15.9 Å². The second-order valence-corrected chi connectivity index (χ2v) is 8.37. The van der Waals surface area contributed by atoms with Gasteiger partial charge >= 0.3 is 0 Å². The van der Waals surface area contributed by atoms with Crippen molar-refractivity contribution < 1.29 is 9.53 Å². The van der Waals surface area contributed by atoms with E-state index in [-0.39, 0.29) is 5.91 Å². The van der Waals surface area contributed by atoms with Gasteiger partial charge in [-0.1, -0.05) is 41.9 Å². The van der Waals surface area contributed by atoms with E-state index < -0.39 is 0 Å². The van der Waals surface area contributed by atoms with Crippen LogP contribution in [0.2, 0.25) is 5.02 Å². The first kappa shape index (κ1) is 23.3. The van der Waals surface area contributed by atoms with Gasteiger partial charge in [-0.25, -0.2) is 9.97 Å². The third-order valence-electron chi connectivity index (χ3n) is 5.64. The van der Waals surface area contributed by atoms with Crippen LogP contribution in [0.25, 0.3) is 22.3 Å². The molecule has 0 saturated heterocycles. The number of para-hydroxylation sites is 1. The number of nitrogens with zero attached hydrogens (tertiary/aromatic N) is 3. The van der Waals surface area contributed by atoms with Gasteiger partial charge in [0.15, 0.2) is 5.82 Å². The summed E-state index contributed by atoms with van der Waals surface area (Å²) >= 11 is 6.25. The van der Waals surface area contributed by atoms with Gasteiger partial charge in [0.1, 0.15) is 11.6 Å². The molecule has 8 heteroatoms. The number of carbonyl (C=O) groups is 1. The van der Waals surface area contributed by atoms with Gasteiger partial charge < -0.3 is 15.4 Å². The lowest BCUT2D eigenvalue weighted by Gasteiger charge is -2.15. The minimum atomic E-state index is -0.235. The van der Waals surface area contributed by atoms with Crippen molar-refractivity contribution in [1.29, 1.82) is 0 Å². The number of carbonyl (C=O) groups excluding carboxylic acids is 1. The van der Waals surface area contributed by atoms with Crippen LogP contribution in [0.15, 0.2) is 91.3 Å². The molecule has 0 unspecified atom stereocenters. The molecule has 5 aromatic rings. The van der Waals surface area contributed by atoms with Crippen LogP contribution in [0, 0.1) is 0 Å². The van der Waals surface area contributed by atoms with Gasteiger partial charge in [-0.05, 0) is 54.1 Å². The maximum Gasteiger partial charge on any atom is 0.253 e. The predicted octanol–water partition coefficient (Wildman–Crippen LogP) is 6.03. The van der Waals surface area contributed by atoms with Gasteiger partial charge in [0, 0.05) is 34.9 Å². The van der Waals surface area contributed by atoms with Gasteiger partial charge in [0.2, 0.25) is 0 Å². The second-order valence-electron chi connectivity index (χ2n) is 7.97. The Kier molecular flexibility index (Phi) is 6.73. The zero-order valence-corrected chi connectivity index (χ0v) is 20.2. The van der Waals surface area contributed by atoms with Crippen LogP contribution >= 0.6 is 11.6 Å². The highest BCUT2D eigenvalue weighted by atomic mass is 35.5. The van der Waals surface area contributed by atoms with Crippen molar-refractivity contribution in [2.24, 2.45) is 0 Å². The molecule has 0 radical (unpaired) electrons. The molecular weight excluding hydrogens is 474 g/mol. The number of amides is 1. The zero-order chi connectivity index (χ0) is 24.9. The molecule has 0 atom stereocenters. The number of rotatable bonds is 7. The number of hydrogen-bond donors (Lipinski definition) is 2. The Labute approximate surface area is 213 Å². The van der Waals surface area contributed by atoms with Crippen molar-refractivity contribution in [3.05, 3.63) is 107 Å². The quantitative estimate of drug-likeness (QED) is 0.286. The maximum atomic E-state index is 13.1. The summed E-state index contributed by atoms with van der Waals surface area (Å²) in [7, 11) is 1.61. The summed E-state index contributed by atoms with van der Waals surface area (Å²) in [5, 5.41) is 7.67. The number of pyridine rings is 1. The molecule has 0 bridgehead atoms. The maximum absolute atomic E-state index is 13.1. The molecule has 2 N–H and O–H groups in total. The zero-order valence-electron chi connectivity index (χ0n) is 19.4. The molecule has 1 amide bonds. The summed E-state index contributed by atoms with van der Waals surface area (Å²) < 4.78 is 5.42. The van der Waals surface area contributed by atoms with Gasteiger partial charge in [0.25, 0.3) is 5.91 Å². The summed E-state index contributed by atoms with van der Waals surface area (Å²) in [5.41, 5.74) is 3.43. The molecule has 3 aromatic carbocycles. The van der Waals surface area contributed by atoms with Gasteiger partial charge in [0.05, 0.1) is 23.9 Å². The summed E-state index contributed by atoms with van der Waals surface area (Å²) in [6, 6.07) is 24.0. The molecule has 2 heterocycles. The van der Waals surface area contributed by atoms with Crippen LogP contribution in [0.5, 0.6) is 5.75 Å². The normalized spacial score (nSPS) is 10.7. The standard InChI is InChI=1S/C28H22ClN5O2/c1-36-20-12-13-25-22(15-20)27(34-26(32-25)19-8-6-14-30-16-19)33-24-11-5-3-9-21(24)28(35)31-17-18-7-2-4-10-23(18)29/h2-16H,17H2,1H3,(H,31,35)(H,32,33,34). The number of methoxy groups -OCH3 is 1. The van der Waals surface area contributed by atoms with E-state index in [1.807, 2.05) is 66.7 Å². The Balaban J connectivity index is 1.51. The Morgan fingerprint density at radius 1 is 0.972 bits per heavy atom. The molecule has 0 aliphatic heterocycles. The van der Waals surface area contributed by atoms with Gasteiger partial charge in [-0.3, -0.25) is 9.78 Å². The molecule has 2 aromatic heterocycles. The Morgan fingerprint density at radius 2 is 1.81 bits per heavy atom. The highest BCUT2D eigenvalue weighted by Gasteiger charge is 2.16. The fourth-order valence-electron chi connectivity index (χ4n) is 3.78.